The molecular weight excluding hydrogens is 346 g/mol. The molecule has 0 spiro atoms. The largest absolute Gasteiger partial charge is 0.303 e. The number of piperidine rings is 1. The number of hydrogen-bond acceptors (Lipinski definition) is 2. The Balaban J connectivity index is 1.16. The lowest BCUT2D eigenvalue weighted by molar-refractivity contribution is 0.197. The molecule has 0 saturated carbocycles. The van der Waals surface area contributed by atoms with E-state index in [2.05, 4.69) is 77.4 Å². The van der Waals surface area contributed by atoms with Crippen molar-refractivity contribution in [3.8, 4) is 0 Å². The van der Waals surface area contributed by atoms with Crippen LogP contribution in [0.5, 0.6) is 0 Å². The molecule has 0 N–H and O–H groups in total. The fourth-order valence-electron chi connectivity index (χ4n) is 5.16. The predicted molar refractivity (Wildman–Crippen MR) is 118 cm³/mol. The standard InChI is InChI=1S/C25H29NS/c1-2-5-22-18-23(9-8-19(22)4-1)20-10-14-26(15-11-20)16-12-21-6-3-7-25-24(21)13-17-27-25/h1-9,18,20-21,24H,10-17H2. The van der Waals surface area contributed by atoms with Gasteiger partial charge >= 0.3 is 0 Å². The zero-order valence-corrected chi connectivity index (χ0v) is 16.8. The Hall–Kier alpha value is -1.51. The fourth-order valence-corrected chi connectivity index (χ4v) is 6.45. The van der Waals surface area contributed by atoms with Gasteiger partial charge < -0.3 is 4.90 Å². The molecule has 1 aliphatic carbocycles. The lowest BCUT2D eigenvalue weighted by atomic mass is 9.83. The molecule has 2 atom stereocenters. The maximum Gasteiger partial charge on any atom is -0.00129 e. The van der Waals surface area contributed by atoms with E-state index in [0.717, 1.165) is 17.8 Å². The van der Waals surface area contributed by atoms with Crippen LogP contribution in [0.2, 0.25) is 0 Å². The van der Waals surface area contributed by atoms with Crippen LogP contribution in [0.15, 0.2) is 65.6 Å². The molecule has 2 aromatic rings. The summed E-state index contributed by atoms with van der Waals surface area (Å²) in [5, 5.41) is 2.75. The number of fused-ring (bicyclic) bond motifs is 2. The average Bonchev–Trinajstić information content (AvgIpc) is 3.22. The van der Waals surface area contributed by atoms with Gasteiger partial charge in [-0.15, -0.1) is 11.8 Å². The average molecular weight is 376 g/mol. The van der Waals surface area contributed by atoms with Crippen LogP contribution in [0, 0.1) is 11.8 Å². The van der Waals surface area contributed by atoms with Crippen LogP contribution >= 0.6 is 11.8 Å². The van der Waals surface area contributed by atoms with Crippen molar-refractivity contribution in [1.29, 1.82) is 0 Å². The molecule has 1 nitrogen and oxygen atoms in total. The second kappa shape index (κ2) is 7.85. The summed E-state index contributed by atoms with van der Waals surface area (Å²) in [7, 11) is 0. The molecule has 2 heteroatoms. The van der Waals surface area contributed by atoms with Crippen molar-refractivity contribution < 1.29 is 0 Å². The molecule has 2 heterocycles. The summed E-state index contributed by atoms with van der Waals surface area (Å²) in [6.07, 6.45) is 12.5. The monoisotopic (exact) mass is 375 g/mol. The van der Waals surface area contributed by atoms with E-state index in [0.29, 0.717) is 0 Å². The Labute approximate surface area is 167 Å². The number of likely N-dealkylation sites (tertiary alicyclic amines) is 1. The minimum atomic E-state index is 0.737. The normalized spacial score (nSPS) is 26.3. The first-order valence-corrected chi connectivity index (χ1v) is 11.6. The number of nitrogens with zero attached hydrogens (tertiary/aromatic N) is 1. The van der Waals surface area contributed by atoms with Crippen LogP contribution in [0.1, 0.15) is 37.2 Å². The molecule has 2 aliphatic heterocycles. The third-order valence-electron chi connectivity index (χ3n) is 6.81. The van der Waals surface area contributed by atoms with Crippen LogP contribution in [-0.2, 0) is 0 Å². The summed E-state index contributed by atoms with van der Waals surface area (Å²) >= 11 is 2.09. The second-order valence-electron chi connectivity index (χ2n) is 8.37. The summed E-state index contributed by atoms with van der Waals surface area (Å²) in [4.78, 5) is 4.36. The van der Waals surface area contributed by atoms with Crippen LogP contribution in [0.4, 0.5) is 0 Å². The van der Waals surface area contributed by atoms with Crippen molar-refractivity contribution >= 4 is 22.5 Å². The van der Waals surface area contributed by atoms with Gasteiger partial charge in [0.2, 0.25) is 0 Å². The first kappa shape index (κ1) is 17.6. The fraction of sp³-hybridized carbons (Fsp3) is 0.440. The Morgan fingerprint density at radius 1 is 0.963 bits per heavy atom. The van der Waals surface area contributed by atoms with Crippen LogP contribution in [0.3, 0.4) is 0 Å². The van der Waals surface area contributed by atoms with Gasteiger partial charge in [0, 0.05) is 0 Å². The highest BCUT2D eigenvalue weighted by Crippen LogP contribution is 2.44. The van der Waals surface area contributed by atoms with E-state index in [-0.39, 0.29) is 0 Å². The van der Waals surface area contributed by atoms with E-state index in [1.54, 1.807) is 10.5 Å². The van der Waals surface area contributed by atoms with Crippen molar-refractivity contribution in [1.82, 2.24) is 4.90 Å². The van der Waals surface area contributed by atoms with E-state index < -0.39 is 0 Å². The zero-order valence-electron chi connectivity index (χ0n) is 16.0. The molecule has 140 valence electrons. The number of allylic oxidation sites excluding steroid dienone is 4. The van der Waals surface area contributed by atoms with Crippen molar-refractivity contribution in [3.63, 3.8) is 0 Å². The van der Waals surface area contributed by atoms with Crippen molar-refractivity contribution in [2.24, 2.45) is 11.8 Å². The highest BCUT2D eigenvalue weighted by Gasteiger charge is 2.30. The third kappa shape index (κ3) is 3.75. The van der Waals surface area contributed by atoms with E-state index in [9.17, 15) is 0 Å². The van der Waals surface area contributed by atoms with Crippen LogP contribution in [0.25, 0.3) is 10.8 Å². The summed E-state index contributed by atoms with van der Waals surface area (Å²) in [6.45, 7) is 3.79. The van der Waals surface area contributed by atoms with Gasteiger partial charge in [-0.3, -0.25) is 0 Å². The van der Waals surface area contributed by atoms with Gasteiger partial charge in [-0.1, -0.05) is 60.7 Å². The number of benzene rings is 2. The van der Waals surface area contributed by atoms with Gasteiger partial charge in [0.05, 0.1) is 0 Å². The van der Waals surface area contributed by atoms with Crippen LogP contribution < -0.4 is 0 Å². The van der Waals surface area contributed by atoms with E-state index >= 15 is 0 Å². The summed E-state index contributed by atoms with van der Waals surface area (Å²) < 4.78 is 0. The minimum absolute atomic E-state index is 0.737. The van der Waals surface area contributed by atoms with Crippen molar-refractivity contribution in [2.45, 2.75) is 31.6 Å². The van der Waals surface area contributed by atoms with E-state index in [1.807, 2.05) is 0 Å². The molecule has 27 heavy (non-hydrogen) atoms. The molecule has 2 saturated heterocycles. The van der Waals surface area contributed by atoms with Gasteiger partial charge in [-0.05, 0) is 90.1 Å². The predicted octanol–water partition coefficient (Wildman–Crippen LogP) is 6.23. The minimum Gasteiger partial charge on any atom is -0.303 e. The quantitative estimate of drug-likeness (QED) is 0.623. The lowest BCUT2D eigenvalue weighted by Gasteiger charge is -2.34. The second-order valence-corrected chi connectivity index (χ2v) is 9.54. The van der Waals surface area contributed by atoms with Crippen molar-refractivity contribution in [2.75, 3.05) is 25.4 Å². The topological polar surface area (TPSA) is 3.24 Å². The third-order valence-corrected chi connectivity index (χ3v) is 8.02. The maximum atomic E-state index is 2.71. The molecule has 5 rings (SSSR count). The van der Waals surface area contributed by atoms with E-state index in [4.69, 9.17) is 0 Å². The van der Waals surface area contributed by atoms with Gasteiger partial charge in [0.25, 0.3) is 0 Å². The smallest absolute Gasteiger partial charge is 0.00129 e. The van der Waals surface area contributed by atoms with E-state index in [1.165, 1.54) is 61.8 Å². The Morgan fingerprint density at radius 3 is 2.70 bits per heavy atom. The van der Waals surface area contributed by atoms with Gasteiger partial charge in [0.1, 0.15) is 0 Å². The van der Waals surface area contributed by atoms with Gasteiger partial charge in [-0.25, -0.2) is 0 Å². The molecule has 0 amide bonds. The number of thioether (sulfide) groups is 1. The molecule has 3 aliphatic rings. The first-order valence-electron chi connectivity index (χ1n) is 10.6. The lowest BCUT2D eigenvalue weighted by Crippen LogP contribution is -2.35. The Morgan fingerprint density at radius 2 is 1.81 bits per heavy atom. The molecule has 2 fully saturated rings. The summed E-state index contributed by atoms with van der Waals surface area (Å²) in [6, 6.07) is 15.8. The van der Waals surface area contributed by atoms with Crippen molar-refractivity contribution in [3.05, 3.63) is 71.2 Å². The van der Waals surface area contributed by atoms with Gasteiger partial charge in [-0.2, -0.15) is 0 Å². The zero-order chi connectivity index (χ0) is 18.1. The molecule has 0 bridgehead atoms. The molecule has 0 radical (unpaired) electrons. The molecule has 0 aromatic heterocycles. The summed E-state index contributed by atoms with van der Waals surface area (Å²) in [5.74, 6) is 3.67. The summed E-state index contributed by atoms with van der Waals surface area (Å²) in [5.41, 5.74) is 1.54. The van der Waals surface area contributed by atoms with Crippen LogP contribution in [-0.4, -0.2) is 30.3 Å². The highest BCUT2D eigenvalue weighted by molar-refractivity contribution is 8.03. The molecule has 2 aromatic carbocycles. The number of rotatable bonds is 4. The van der Waals surface area contributed by atoms with Gasteiger partial charge in [0.15, 0.2) is 0 Å². The number of hydrogen-bond donors (Lipinski definition) is 0. The highest BCUT2D eigenvalue weighted by atomic mass is 32.2. The Bertz CT molecular complexity index is 860. The maximum absolute atomic E-state index is 2.71. The molecule has 2 unspecified atom stereocenters. The SMILES string of the molecule is C1=CC(CCN2CCC(c3ccc4ccccc4c3)CC2)C2CCSC2=C1. The Kier molecular flexibility index (Phi) is 5.11. The molecular formula is C25H29NS. The first-order chi connectivity index (χ1) is 13.4.